The van der Waals surface area contributed by atoms with Gasteiger partial charge in [0.1, 0.15) is 23.7 Å². The van der Waals surface area contributed by atoms with Gasteiger partial charge in [0.2, 0.25) is 17.7 Å². The number of aromatic nitrogens is 3. The first-order chi connectivity index (χ1) is 41.6. The molecule has 2 aliphatic rings. The molecule has 0 saturated carbocycles. The van der Waals surface area contributed by atoms with E-state index < -0.39 is 77.3 Å². The second-order valence-corrected chi connectivity index (χ2v) is 22.3. The van der Waals surface area contributed by atoms with Crippen molar-refractivity contribution in [3.63, 3.8) is 0 Å². The lowest BCUT2D eigenvalue weighted by molar-refractivity contribution is -0.133. The maximum Gasteiger partial charge on any atom is 0.410 e. The number of carbonyl (C=O) groups excluding carboxylic acids is 10. The third kappa shape index (κ3) is 16.1. The fraction of sp³-hybridized carbons (Fsp3) is 0.279. The zero-order valence-electron chi connectivity index (χ0n) is 47.9. The molecule has 0 spiro atoms. The Hall–Kier alpha value is -10.2. The average molecular weight is 1210 g/mol. The highest BCUT2D eigenvalue weighted by molar-refractivity contribution is 7.99. The molecule has 0 aliphatic carbocycles. The molecule has 452 valence electrons. The number of hydrogen-bond acceptors (Lipinski definition) is 15. The molecule has 11 amide bonds. The number of fused-ring (bicyclic) bond motifs is 1. The lowest BCUT2D eigenvalue weighted by atomic mass is 10.0. The molecule has 8 rings (SSSR count). The summed E-state index contributed by atoms with van der Waals surface area (Å²) in [5.41, 5.74) is 9.26. The van der Waals surface area contributed by atoms with Gasteiger partial charge in [-0.3, -0.25) is 38.4 Å². The van der Waals surface area contributed by atoms with Crippen LogP contribution in [0.25, 0.3) is 5.65 Å². The van der Waals surface area contributed by atoms with Crippen molar-refractivity contribution in [2.24, 2.45) is 11.7 Å². The topological polar surface area (TPSA) is 327 Å². The first kappa shape index (κ1) is 62.8. The number of thioether (sulfide) groups is 1. The number of carbonyl (C=O) groups is 10. The molecule has 0 radical (unpaired) electrons. The predicted octanol–water partition coefficient (Wildman–Crippen LogP) is 7.40. The highest BCUT2D eigenvalue weighted by Gasteiger charge is 2.33. The van der Waals surface area contributed by atoms with Gasteiger partial charge >= 0.3 is 12.1 Å². The van der Waals surface area contributed by atoms with Crippen molar-refractivity contribution in [2.75, 3.05) is 40.9 Å². The Labute approximate surface area is 503 Å². The summed E-state index contributed by atoms with van der Waals surface area (Å²) in [5, 5.41) is 23.8. The quantitative estimate of drug-likeness (QED) is 0.0134. The summed E-state index contributed by atoms with van der Waals surface area (Å²) < 4.78 is 23.9. The van der Waals surface area contributed by atoms with Gasteiger partial charge in [-0.1, -0.05) is 64.2 Å². The number of imide groups is 3. The number of benzene rings is 4. The van der Waals surface area contributed by atoms with Crippen LogP contribution in [-0.4, -0.2) is 121 Å². The molecule has 2 aliphatic heterocycles. The van der Waals surface area contributed by atoms with Gasteiger partial charge in [0, 0.05) is 82.0 Å². The number of halogens is 1. The van der Waals surface area contributed by atoms with Gasteiger partial charge in [-0.15, -0.1) is 0 Å². The number of rotatable bonds is 23. The number of anilines is 5. The highest BCUT2D eigenvalue weighted by Crippen LogP contribution is 2.37. The number of likely N-dealkylation sites (tertiary alicyclic amines) is 1. The van der Waals surface area contributed by atoms with Crippen LogP contribution in [0.1, 0.15) is 101 Å². The van der Waals surface area contributed by atoms with Crippen LogP contribution in [-0.2, 0) is 35.3 Å². The second kappa shape index (κ2) is 28.6. The van der Waals surface area contributed by atoms with E-state index >= 15 is 4.39 Å². The van der Waals surface area contributed by atoms with Crippen molar-refractivity contribution in [2.45, 2.75) is 88.3 Å². The van der Waals surface area contributed by atoms with E-state index in [9.17, 15) is 47.9 Å². The van der Waals surface area contributed by atoms with Crippen LogP contribution in [0, 0.1) is 11.7 Å². The van der Waals surface area contributed by atoms with Crippen molar-refractivity contribution < 1.29 is 57.1 Å². The van der Waals surface area contributed by atoms with Crippen molar-refractivity contribution in [3.8, 4) is 0 Å². The molecule has 1 saturated heterocycles. The van der Waals surface area contributed by atoms with E-state index in [0.717, 1.165) is 23.8 Å². The van der Waals surface area contributed by atoms with Crippen LogP contribution in [0.15, 0.2) is 133 Å². The van der Waals surface area contributed by atoms with Gasteiger partial charge in [0.25, 0.3) is 29.5 Å². The largest absolute Gasteiger partial charge is 0.445 e. The highest BCUT2D eigenvalue weighted by atomic mass is 32.2. The third-order valence-electron chi connectivity index (χ3n) is 14.0. The Morgan fingerprint density at radius 2 is 1.39 bits per heavy atom. The molecular formula is C61H64FN13O11S. The lowest BCUT2D eigenvalue weighted by Gasteiger charge is -2.31. The molecule has 2 atom stereocenters. The molecule has 26 heteroatoms. The van der Waals surface area contributed by atoms with E-state index in [1.54, 1.807) is 97.7 Å². The zero-order valence-corrected chi connectivity index (χ0v) is 48.7. The number of hydrogen-bond donors (Lipinski definition) is 8. The Kier molecular flexibility index (Phi) is 20.6. The van der Waals surface area contributed by atoms with Gasteiger partial charge in [-0.2, -0.15) is 14.0 Å². The Morgan fingerprint density at radius 1 is 0.770 bits per heavy atom. The van der Waals surface area contributed by atoms with Gasteiger partial charge in [0.15, 0.2) is 17.3 Å². The van der Waals surface area contributed by atoms with Crippen molar-refractivity contribution in [3.05, 3.63) is 162 Å². The lowest BCUT2D eigenvalue weighted by Crippen LogP contribution is -2.54. The minimum absolute atomic E-state index is 0.0150. The number of ether oxygens (including phenoxy) is 1. The van der Waals surface area contributed by atoms with Gasteiger partial charge in [-0.25, -0.2) is 19.5 Å². The Bertz CT molecular complexity index is 3640. The van der Waals surface area contributed by atoms with E-state index in [0.29, 0.717) is 70.4 Å². The predicted molar refractivity (Wildman–Crippen MR) is 322 cm³/mol. The van der Waals surface area contributed by atoms with Crippen LogP contribution in [0.3, 0.4) is 0 Å². The molecule has 0 unspecified atom stereocenters. The number of amides is 11. The molecule has 4 heterocycles. The minimum Gasteiger partial charge on any atom is -0.445 e. The maximum atomic E-state index is 16.8. The van der Waals surface area contributed by atoms with Crippen LogP contribution in [0.5, 0.6) is 0 Å². The van der Waals surface area contributed by atoms with Crippen LogP contribution in [0.4, 0.5) is 42.5 Å². The van der Waals surface area contributed by atoms with E-state index in [1.165, 1.54) is 40.5 Å². The number of primary amides is 1. The first-order valence-corrected chi connectivity index (χ1v) is 28.7. The van der Waals surface area contributed by atoms with Crippen LogP contribution < -0.4 is 43.0 Å². The molecule has 9 N–H and O–H groups in total. The smallest absolute Gasteiger partial charge is 0.410 e. The van der Waals surface area contributed by atoms with Gasteiger partial charge in [-0.05, 0) is 128 Å². The molecule has 0 bridgehead atoms. The number of nitrogens with one attached hydrogen (secondary N) is 7. The zero-order chi connectivity index (χ0) is 62.5. The molecule has 4 aromatic carbocycles. The standard InChI is InChI=1S/C61H64FN13O11S/c1-6-47(76)66-40-22-18-38(19-23-40)54(79)69-43-10-7-9-42(31-43)67-53-50(62)58(72-52-45(34(2)3)32-65-75(52)53)87-44-26-29-73(30-27-44)61(85)86-33-36-12-20-41(21-13-36)68-56(81)46(11-8-28-64-60(63)84)70-57(82)51(35(4)5)71-55(80)37-14-16-39(17-15-37)59(83)74-48(77)24-25-49(74)78/h6-7,9-10,12-25,31-32,34-35,44,46,51,67H,1,8,11,26-30,33H2,2-5H3,(H,66,76)(H,68,81)(H,69,79)(H,70,82)(H,71,80)(H3,63,64,84)/t46-,51-/m0/s1. The van der Waals surface area contributed by atoms with Crippen LogP contribution in [0.2, 0.25) is 0 Å². The summed E-state index contributed by atoms with van der Waals surface area (Å²) in [5.74, 6) is -6.23. The Balaban J connectivity index is 0.836. The Morgan fingerprint density at radius 3 is 2.03 bits per heavy atom. The second-order valence-electron chi connectivity index (χ2n) is 21.0. The molecule has 87 heavy (non-hydrogen) atoms. The summed E-state index contributed by atoms with van der Waals surface area (Å²) in [4.78, 5) is 134. The van der Waals surface area contributed by atoms with E-state index in [2.05, 4.69) is 48.9 Å². The van der Waals surface area contributed by atoms with E-state index in [4.69, 9.17) is 15.5 Å². The van der Waals surface area contributed by atoms with Crippen molar-refractivity contribution in [1.29, 1.82) is 0 Å². The fourth-order valence-electron chi connectivity index (χ4n) is 9.24. The molecule has 2 aromatic heterocycles. The number of nitrogens with zero attached hydrogens (tertiary/aromatic N) is 5. The molecule has 6 aromatic rings. The van der Waals surface area contributed by atoms with Crippen molar-refractivity contribution in [1.82, 2.24) is 40.3 Å². The van der Waals surface area contributed by atoms with Crippen LogP contribution >= 0.6 is 11.8 Å². The summed E-state index contributed by atoms with van der Waals surface area (Å²) in [6.45, 7) is 11.5. The van der Waals surface area contributed by atoms with E-state index in [-0.39, 0.29) is 65.0 Å². The monoisotopic (exact) mass is 1210 g/mol. The fourth-order valence-corrected chi connectivity index (χ4v) is 10.3. The molecule has 1 fully saturated rings. The summed E-state index contributed by atoms with van der Waals surface area (Å²) in [7, 11) is 0. The molecular weight excluding hydrogens is 1140 g/mol. The number of nitrogens with two attached hydrogens (primary N) is 1. The summed E-state index contributed by atoms with van der Waals surface area (Å²) >= 11 is 1.28. The van der Waals surface area contributed by atoms with Gasteiger partial charge in [0.05, 0.1) is 6.20 Å². The summed E-state index contributed by atoms with van der Waals surface area (Å²) in [6, 6.07) is 21.7. The normalized spacial score (nSPS) is 13.9. The minimum atomic E-state index is -1.15. The van der Waals surface area contributed by atoms with Gasteiger partial charge < -0.3 is 52.6 Å². The third-order valence-corrected chi connectivity index (χ3v) is 15.3. The summed E-state index contributed by atoms with van der Waals surface area (Å²) in [6.07, 6.45) is 5.52. The van der Waals surface area contributed by atoms with Crippen molar-refractivity contribution >= 4 is 105 Å². The first-order valence-electron chi connectivity index (χ1n) is 27.8. The maximum absolute atomic E-state index is 16.8. The molecule has 24 nitrogen and oxygen atoms in total. The SMILES string of the molecule is C=CC(=O)Nc1ccc(C(=O)Nc2cccc(Nc3c(F)c(SC4CCN(C(=O)OCc5ccc(NC(=O)[C@H](CCCNC(N)=O)NC(=O)[C@@H](NC(=O)c6ccc(C(=O)N7C(=O)C=CC7=O)cc6)C(C)C)cc5)CC4)nc4c(C(C)C)cnn34)c2)cc1. The number of piperidine rings is 1. The van der Waals surface area contributed by atoms with E-state index in [1.807, 2.05) is 13.8 Å². The average Bonchev–Trinajstić information content (AvgIpc) is 1.82. The number of urea groups is 1.